The van der Waals surface area contributed by atoms with Crippen LogP contribution in [0.1, 0.15) is 10.5 Å². The van der Waals surface area contributed by atoms with E-state index in [0.29, 0.717) is 5.82 Å². The van der Waals surface area contributed by atoms with Crippen LogP contribution in [0.2, 0.25) is 0 Å². The van der Waals surface area contributed by atoms with Crippen LogP contribution in [0.4, 0.5) is 11.5 Å². The van der Waals surface area contributed by atoms with Gasteiger partial charge in [-0.2, -0.15) is 0 Å². The summed E-state index contributed by atoms with van der Waals surface area (Å²) in [6.07, 6.45) is 4.94. The molecule has 0 aliphatic carbocycles. The van der Waals surface area contributed by atoms with Crippen molar-refractivity contribution in [1.82, 2.24) is 9.97 Å². The average molecular weight is 274 g/mol. The largest absolute Gasteiger partial charge is 0.372 e. The second kappa shape index (κ2) is 6.19. The summed E-state index contributed by atoms with van der Waals surface area (Å²) in [7, 11) is 1.75. The van der Waals surface area contributed by atoms with E-state index in [1.54, 1.807) is 18.8 Å². The monoisotopic (exact) mass is 274 g/mol. The van der Waals surface area contributed by atoms with Crippen LogP contribution >= 0.6 is 11.8 Å². The van der Waals surface area contributed by atoms with Crippen molar-refractivity contribution in [2.75, 3.05) is 23.9 Å². The van der Waals surface area contributed by atoms with Crippen molar-refractivity contribution in [1.29, 1.82) is 0 Å². The van der Waals surface area contributed by atoms with Gasteiger partial charge in [-0.15, -0.1) is 11.8 Å². The number of thioether (sulfide) groups is 1. The van der Waals surface area contributed by atoms with Gasteiger partial charge in [0.1, 0.15) is 11.5 Å². The van der Waals surface area contributed by atoms with Crippen LogP contribution in [0.5, 0.6) is 0 Å². The zero-order valence-electron chi connectivity index (χ0n) is 10.7. The molecule has 98 valence electrons. The van der Waals surface area contributed by atoms with Gasteiger partial charge in [-0.3, -0.25) is 4.79 Å². The molecule has 5 nitrogen and oxygen atoms in total. The lowest BCUT2D eigenvalue weighted by molar-refractivity contribution is 0.102. The quantitative estimate of drug-likeness (QED) is 0.838. The smallest absolute Gasteiger partial charge is 0.275 e. The van der Waals surface area contributed by atoms with E-state index in [1.165, 1.54) is 12.4 Å². The molecule has 6 heteroatoms. The van der Waals surface area contributed by atoms with Crippen molar-refractivity contribution < 1.29 is 4.79 Å². The number of aromatic nitrogens is 2. The molecule has 0 spiro atoms. The first-order chi connectivity index (χ1) is 9.24. The Morgan fingerprint density at radius 2 is 2.00 bits per heavy atom. The summed E-state index contributed by atoms with van der Waals surface area (Å²) in [6, 6.07) is 7.63. The average Bonchev–Trinajstić information content (AvgIpc) is 2.48. The third-order valence-electron chi connectivity index (χ3n) is 2.50. The van der Waals surface area contributed by atoms with Gasteiger partial charge in [0.2, 0.25) is 0 Å². The predicted octanol–water partition coefficient (Wildman–Crippen LogP) is 2.49. The van der Waals surface area contributed by atoms with E-state index >= 15 is 0 Å². The number of anilines is 2. The maximum absolute atomic E-state index is 12.0. The third kappa shape index (κ3) is 3.23. The summed E-state index contributed by atoms with van der Waals surface area (Å²) < 4.78 is 0. The molecule has 0 radical (unpaired) electrons. The molecule has 0 fully saturated rings. The van der Waals surface area contributed by atoms with E-state index in [4.69, 9.17) is 0 Å². The first-order valence-electron chi connectivity index (χ1n) is 5.68. The minimum Gasteiger partial charge on any atom is -0.372 e. The molecular formula is C13H14N4OS. The van der Waals surface area contributed by atoms with Crippen LogP contribution in [0.25, 0.3) is 0 Å². The SMILES string of the molecule is CNc1cnc(C(=O)Nc2ccccc2SC)cn1. The van der Waals surface area contributed by atoms with E-state index < -0.39 is 0 Å². The molecule has 0 bridgehead atoms. The van der Waals surface area contributed by atoms with Gasteiger partial charge in [-0.1, -0.05) is 12.1 Å². The highest BCUT2D eigenvalue weighted by Gasteiger charge is 2.10. The molecule has 2 N–H and O–H groups in total. The van der Waals surface area contributed by atoms with Crippen molar-refractivity contribution in [3.63, 3.8) is 0 Å². The normalized spacial score (nSPS) is 10.0. The molecule has 0 saturated heterocycles. The number of benzene rings is 1. The highest BCUT2D eigenvalue weighted by Crippen LogP contribution is 2.24. The number of amides is 1. The topological polar surface area (TPSA) is 66.9 Å². The summed E-state index contributed by atoms with van der Waals surface area (Å²) >= 11 is 1.58. The number of carbonyl (C=O) groups is 1. The van der Waals surface area contributed by atoms with Gasteiger partial charge in [-0.05, 0) is 18.4 Å². The minimum atomic E-state index is -0.267. The summed E-state index contributed by atoms with van der Waals surface area (Å²) in [6.45, 7) is 0. The highest BCUT2D eigenvalue weighted by molar-refractivity contribution is 7.98. The lowest BCUT2D eigenvalue weighted by Crippen LogP contribution is -2.14. The second-order valence-corrected chi connectivity index (χ2v) is 4.54. The fourth-order valence-electron chi connectivity index (χ4n) is 1.51. The molecule has 0 unspecified atom stereocenters. The molecule has 2 rings (SSSR count). The third-order valence-corrected chi connectivity index (χ3v) is 3.29. The number of hydrogen-bond acceptors (Lipinski definition) is 5. The van der Waals surface area contributed by atoms with E-state index in [9.17, 15) is 4.79 Å². The Bertz CT molecular complexity index is 571. The summed E-state index contributed by atoms with van der Waals surface area (Å²) in [5, 5.41) is 5.68. The van der Waals surface area contributed by atoms with Crippen molar-refractivity contribution in [3.05, 3.63) is 42.4 Å². The lowest BCUT2D eigenvalue weighted by atomic mass is 10.3. The molecule has 0 aliphatic rings. The lowest BCUT2D eigenvalue weighted by Gasteiger charge is -2.08. The van der Waals surface area contributed by atoms with Crippen LogP contribution in [-0.2, 0) is 0 Å². The molecule has 1 aromatic carbocycles. The van der Waals surface area contributed by atoms with Crippen LogP contribution in [0, 0.1) is 0 Å². The molecule has 19 heavy (non-hydrogen) atoms. The minimum absolute atomic E-state index is 0.267. The summed E-state index contributed by atoms with van der Waals surface area (Å²) in [5.74, 6) is 0.359. The maximum Gasteiger partial charge on any atom is 0.275 e. The van der Waals surface area contributed by atoms with Gasteiger partial charge in [0.15, 0.2) is 0 Å². The van der Waals surface area contributed by atoms with Crippen molar-refractivity contribution >= 4 is 29.2 Å². The number of carbonyl (C=O) groups excluding carboxylic acids is 1. The molecule has 0 atom stereocenters. The van der Waals surface area contributed by atoms with Crippen molar-refractivity contribution in [2.45, 2.75) is 4.90 Å². The van der Waals surface area contributed by atoms with E-state index in [1.807, 2.05) is 30.5 Å². The Morgan fingerprint density at radius 1 is 1.21 bits per heavy atom. The first kappa shape index (κ1) is 13.4. The first-order valence-corrected chi connectivity index (χ1v) is 6.91. The fraction of sp³-hybridized carbons (Fsp3) is 0.154. The van der Waals surface area contributed by atoms with Crippen molar-refractivity contribution in [2.24, 2.45) is 0 Å². The maximum atomic E-state index is 12.0. The van der Waals surface area contributed by atoms with Crippen LogP contribution in [0.15, 0.2) is 41.6 Å². The highest BCUT2D eigenvalue weighted by atomic mass is 32.2. The Hall–Kier alpha value is -2.08. The van der Waals surface area contributed by atoms with Crippen LogP contribution < -0.4 is 10.6 Å². The number of nitrogens with zero attached hydrogens (tertiary/aromatic N) is 2. The van der Waals surface area contributed by atoms with E-state index in [0.717, 1.165) is 10.6 Å². The number of rotatable bonds is 4. The van der Waals surface area contributed by atoms with Gasteiger partial charge < -0.3 is 10.6 Å². The Morgan fingerprint density at radius 3 is 2.63 bits per heavy atom. The molecule has 0 aliphatic heterocycles. The van der Waals surface area contributed by atoms with Crippen LogP contribution in [-0.4, -0.2) is 29.2 Å². The molecule has 1 heterocycles. The fourth-order valence-corrected chi connectivity index (χ4v) is 2.06. The number of para-hydroxylation sites is 1. The van der Waals surface area contributed by atoms with Gasteiger partial charge in [-0.25, -0.2) is 9.97 Å². The van der Waals surface area contributed by atoms with Crippen molar-refractivity contribution in [3.8, 4) is 0 Å². The van der Waals surface area contributed by atoms with Gasteiger partial charge in [0.25, 0.3) is 5.91 Å². The summed E-state index contributed by atoms with van der Waals surface area (Å²) in [4.78, 5) is 21.2. The van der Waals surface area contributed by atoms with Gasteiger partial charge in [0, 0.05) is 11.9 Å². The van der Waals surface area contributed by atoms with E-state index in [-0.39, 0.29) is 11.6 Å². The molecular weight excluding hydrogens is 260 g/mol. The second-order valence-electron chi connectivity index (χ2n) is 3.69. The zero-order chi connectivity index (χ0) is 13.7. The van der Waals surface area contributed by atoms with Gasteiger partial charge >= 0.3 is 0 Å². The van der Waals surface area contributed by atoms with Crippen LogP contribution in [0.3, 0.4) is 0 Å². The Labute approximate surface area is 115 Å². The van der Waals surface area contributed by atoms with Gasteiger partial charge in [0.05, 0.1) is 18.1 Å². The summed E-state index contributed by atoms with van der Waals surface area (Å²) in [5.41, 5.74) is 1.06. The molecule has 0 saturated carbocycles. The number of nitrogens with one attached hydrogen (secondary N) is 2. The molecule has 1 aromatic heterocycles. The Kier molecular flexibility index (Phi) is 4.35. The molecule has 1 amide bonds. The zero-order valence-corrected chi connectivity index (χ0v) is 11.5. The molecule has 2 aromatic rings. The number of hydrogen-bond donors (Lipinski definition) is 2. The predicted molar refractivity (Wildman–Crippen MR) is 77.8 cm³/mol. The Balaban J connectivity index is 2.16. The standard InChI is InChI=1S/C13H14N4OS/c1-14-12-8-15-10(7-16-12)13(18)17-9-5-3-4-6-11(9)19-2/h3-8H,1-2H3,(H,14,16)(H,17,18). The van der Waals surface area contributed by atoms with E-state index in [2.05, 4.69) is 20.6 Å².